The summed E-state index contributed by atoms with van der Waals surface area (Å²) in [4.78, 5) is 16.0. The monoisotopic (exact) mass is 454 g/mol. The minimum Gasteiger partial charge on any atom is -0.466 e. The van der Waals surface area contributed by atoms with Crippen LogP contribution in [0, 0.1) is 0 Å². The zero-order valence-electron chi connectivity index (χ0n) is 17.9. The van der Waals surface area contributed by atoms with Gasteiger partial charge in [0.1, 0.15) is 11.5 Å². The molecule has 8 heteroatoms. The van der Waals surface area contributed by atoms with Crippen LogP contribution in [0.15, 0.2) is 78.0 Å². The van der Waals surface area contributed by atoms with Gasteiger partial charge in [0.05, 0.1) is 17.7 Å². The van der Waals surface area contributed by atoms with Crippen molar-refractivity contribution in [2.45, 2.75) is 31.1 Å². The Morgan fingerprint density at radius 3 is 2.41 bits per heavy atom. The van der Waals surface area contributed by atoms with Gasteiger partial charge in [0.15, 0.2) is 0 Å². The first-order chi connectivity index (χ1) is 15.5. The first-order valence-electron chi connectivity index (χ1n) is 10.4. The van der Waals surface area contributed by atoms with Gasteiger partial charge >= 0.3 is 5.97 Å². The number of carbonyl (C=O) groups excluding carboxylic acids is 1. The van der Waals surface area contributed by atoms with Crippen molar-refractivity contribution in [1.82, 2.24) is 9.71 Å². The van der Waals surface area contributed by atoms with Gasteiger partial charge in [-0.3, -0.25) is 9.78 Å². The minimum atomic E-state index is -3.58. The zero-order valence-corrected chi connectivity index (χ0v) is 18.7. The van der Waals surface area contributed by atoms with Crippen LogP contribution in [0.2, 0.25) is 0 Å². The van der Waals surface area contributed by atoms with Crippen molar-refractivity contribution < 1.29 is 22.7 Å². The number of benzene rings is 2. The predicted molar refractivity (Wildman–Crippen MR) is 121 cm³/mol. The molecular weight excluding hydrogens is 428 g/mol. The Balaban J connectivity index is 1.72. The van der Waals surface area contributed by atoms with E-state index < -0.39 is 10.0 Å². The lowest BCUT2D eigenvalue weighted by atomic mass is 10.0. The largest absolute Gasteiger partial charge is 0.466 e. The fraction of sp³-hybridized carbons (Fsp3) is 0.250. The van der Waals surface area contributed by atoms with Crippen LogP contribution >= 0.6 is 0 Å². The Morgan fingerprint density at radius 2 is 1.72 bits per heavy atom. The van der Waals surface area contributed by atoms with Crippen LogP contribution in [0.25, 0.3) is 0 Å². The van der Waals surface area contributed by atoms with Gasteiger partial charge in [-0.25, -0.2) is 13.1 Å². The molecule has 3 rings (SSSR count). The smallest absolute Gasteiger partial charge is 0.306 e. The summed E-state index contributed by atoms with van der Waals surface area (Å²) in [5.74, 6) is 0.925. The van der Waals surface area contributed by atoms with E-state index in [0.29, 0.717) is 30.9 Å². The van der Waals surface area contributed by atoms with Gasteiger partial charge in [-0.2, -0.15) is 0 Å². The maximum atomic E-state index is 12.4. The van der Waals surface area contributed by atoms with Crippen molar-refractivity contribution in [3.63, 3.8) is 0 Å². The van der Waals surface area contributed by atoms with E-state index in [1.807, 2.05) is 18.2 Å². The number of pyridine rings is 1. The number of aromatic nitrogens is 1. The van der Waals surface area contributed by atoms with Crippen LogP contribution in [0.4, 0.5) is 0 Å². The molecule has 0 amide bonds. The molecule has 0 radical (unpaired) electrons. The molecule has 168 valence electrons. The van der Waals surface area contributed by atoms with Gasteiger partial charge in [-0.15, -0.1) is 0 Å². The molecule has 32 heavy (non-hydrogen) atoms. The molecule has 0 fully saturated rings. The van der Waals surface area contributed by atoms with E-state index in [9.17, 15) is 13.2 Å². The molecule has 0 atom stereocenters. The quantitative estimate of drug-likeness (QED) is 0.442. The second-order valence-electron chi connectivity index (χ2n) is 7.04. The summed E-state index contributed by atoms with van der Waals surface area (Å²) in [6.07, 6.45) is 4.48. The van der Waals surface area contributed by atoms with Gasteiger partial charge < -0.3 is 9.47 Å². The van der Waals surface area contributed by atoms with Crippen LogP contribution in [0.5, 0.6) is 11.5 Å². The van der Waals surface area contributed by atoms with Crippen LogP contribution in [0.3, 0.4) is 0 Å². The van der Waals surface area contributed by atoms with Crippen LogP contribution in [-0.4, -0.2) is 32.5 Å². The van der Waals surface area contributed by atoms with Crippen LogP contribution < -0.4 is 9.46 Å². The SMILES string of the molecule is CCOC(=O)CCc1cc(CCNS(=O)(=O)c2ccccc2)cc(Oc2cccnc2)c1. The maximum Gasteiger partial charge on any atom is 0.306 e. The molecule has 0 aliphatic carbocycles. The topological polar surface area (TPSA) is 94.6 Å². The number of aryl methyl sites for hydroxylation is 1. The van der Waals surface area contributed by atoms with Crippen molar-refractivity contribution in [1.29, 1.82) is 0 Å². The second kappa shape index (κ2) is 11.4. The maximum absolute atomic E-state index is 12.4. The van der Waals surface area contributed by atoms with E-state index in [1.54, 1.807) is 61.8 Å². The fourth-order valence-electron chi connectivity index (χ4n) is 3.11. The number of esters is 1. The Kier molecular flexibility index (Phi) is 8.35. The molecule has 3 aromatic rings. The molecule has 0 aliphatic heterocycles. The third-order valence-electron chi connectivity index (χ3n) is 4.58. The highest BCUT2D eigenvalue weighted by Gasteiger charge is 2.13. The molecule has 1 N–H and O–H groups in total. The molecule has 1 heterocycles. The Bertz CT molecular complexity index is 1120. The summed E-state index contributed by atoms with van der Waals surface area (Å²) in [6.45, 7) is 2.34. The van der Waals surface area contributed by atoms with E-state index in [2.05, 4.69) is 9.71 Å². The number of carbonyl (C=O) groups is 1. The predicted octanol–water partition coefficient (Wildman–Crippen LogP) is 3.89. The van der Waals surface area contributed by atoms with Gasteiger partial charge in [-0.1, -0.05) is 24.3 Å². The van der Waals surface area contributed by atoms with Crippen molar-refractivity contribution in [2.75, 3.05) is 13.2 Å². The summed E-state index contributed by atoms with van der Waals surface area (Å²) >= 11 is 0. The summed E-state index contributed by atoms with van der Waals surface area (Å²) in [5.41, 5.74) is 1.79. The molecule has 0 saturated carbocycles. The second-order valence-corrected chi connectivity index (χ2v) is 8.81. The summed E-state index contributed by atoms with van der Waals surface area (Å²) in [5, 5.41) is 0. The number of nitrogens with one attached hydrogen (secondary N) is 1. The highest BCUT2D eigenvalue weighted by atomic mass is 32.2. The highest BCUT2D eigenvalue weighted by molar-refractivity contribution is 7.89. The van der Waals surface area contributed by atoms with Crippen molar-refractivity contribution in [3.05, 3.63) is 84.2 Å². The summed E-state index contributed by atoms with van der Waals surface area (Å²) in [7, 11) is -3.58. The number of hydrogen-bond donors (Lipinski definition) is 1. The third kappa shape index (κ3) is 7.18. The number of rotatable bonds is 11. The van der Waals surface area contributed by atoms with Gasteiger partial charge in [-0.05, 0) is 67.3 Å². The first kappa shape index (κ1) is 23.4. The van der Waals surface area contributed by atoms with E-state index in [-0.39, 0.29) is 23.8 Å². The number of ether oxygens (including phenoxy) is 2. The fourth-order valence-corrected chi connectivity index (χ4v) is 4.16. The number of nitrogens with zero attached hydrogens (tertiary/aromatic N) is 1. The molecule has 0 spiro atoms. The van der Waals surface area contributed by atoms with E-state index in [0.717, 1.165) is 11.1 Å². The van der Waals surface area contributed by atoms with Crippen molar-refractivity contribution in [2.24, 2.45) is 0 Å². The average Bonchev–Trinajstić information content (AvgIpc) is 2.79. The Hall–Kier alpha value is -3.23. The molecule has 2 aromatic carbocycles. The van der Waals surface area contributed by atoms with Crippen molar-refractivity contribution >= 4 is 16.0 Å². The lowest BCUT2D eigenvalue weighted by Crippen LogP contribution is -2.26. The molecule has 0 unspecified atom stereocenters. The van der Waals surface area contributed by atoms with Crippen LogP contribution in [0.1, 0.15) is 24.5 Å². The summed E-state index contributed by atoms with van der Waals surface area (Å²) in [6, 6.07) is 17.5. The molecule has 7 nitrogen and oxygen atoms in total. The van der Waals surface area contributed by atoms with Crippen molar-refractivity contribution in [3.8, 4) is 11.5 Å². The lowest BCUT2D eigenvalue weighted by molar-refractivity contribution is -0.143. The molecule has 0 saturated heterocycles. The van der Waals surface area contributed by atoms with E-state index in [4.69, 9.17) is 9.47 Å². The standard InChI is InChI=1S/C24H26N2O5S/c1-2-30-24(27)11-10-19-15-20(17-22(16-19)31-21-7-6-13-25-18-21)12-14-26-32(28,29)23-8-4-3-5-9-23/h3-9,13,15-18,26H,2,10-12,14H2,1H3. The van der Waals surface area contributed by atoms with Crippen LogP contribution in [-0.2, 0) is 32.4 Å². The normalized spacial score (nSPS) is 11.2. The highest BCUT2D eigenvalue weighted by Crippen LogP contribution is 2.24. The molecular formula is C24H26N2O5S. The van der Waals surface area contributed by atoms with Gasteiger partial charge in [0.25, 0.3) is 0 Å². The van der Waals surface area contributed by atoms with Gasteiger partial charge in [0.2, 0.25) is 10.0 Å². The van der Waals surface area contributed by atoms with Gasteiger partial charge in [0, 0.05) is 19.2 Å². The van der Waals surface area contributed by atoms with E-state index in [1.165, 1.54) is 0 Å². The summed E-state index contributed by atoms with van der Waals surface area (Å²) < 4.78 is 38.4. The van der Waals surface area contributed by atoms with E-state index >= 15 is 0 Å². The minimum absolute atomic E-state index is 0.226. The Labute approximate surface area is 188 Å². The third-order valence-corrected chi connectivity index (χ3v) is 6.06. The number of sulfonamides is 1. The lowest BCUT2D eigenvalue weighted by Gasteiger charge is -2.12. The molecule has 0 bridgehead atoms. The zero-order chi connectivity index (χ0) is 22.8. The number of hydrogen-bond acceptors (Lipinski definition) is 6. The Morgan fingerprint density at radius 1 is 0.969 bits per heavy atom. The average molecular weight is 455 g/mol. The molecule has 0 aliphatic rings. The molecule has 1 aromatic heterocycles. The first-order valence-corrected chi connectivity index (χ1v) is 11.9.